The minimum atomic E-state index is -0.728. The van der Waals surface area contributed by atoms with E-state index in [-0.39, 0.29) is 23.9 Å². The quantitative estimate of drug-likeness (QED) is 0.221. The van der Waals surface area contributed by atoms with Crippen molar-refractivity contribution in [3.05, 3.63) is 54.2 Å². The zero-order valence-corrected chi connectivity index (χ0v) is 26.0. The van der Waals surface area contributed by atoms with Gasteiger partial charge in [-0.15, -0.1) is 0 Å². The monoisotopic (exact) mass is 624 g/mol. The summed E-state index contributed by atoms with van der Waals surface area (Å²) in [5, 5.41) is 2.56. The number of oxazole rings is 1. The number of carbonyl (C=O) groups excluding carboxylic acids is 3. The first-order chi connectivity index (χ1) is 22.3. The molecule has 3 atom stereocenters. The van der Waals surface area contributed by atoms with Gasteiger partial charge in [-0.2, -0.15) is 0 Å². The van der Waals surface area contributed by atoms with Gasteiger partial charge in [0, 0.05) is 25.1 Å². The second-order valence-corrected chi connectivity index (χ2v) is 11.9. The molecular formula is C33H36N8O5. The lowest BCUT2D eigenvalue weighted by atomic mass is 10.1. The summed E-state index contributed by atoms with van der Waals surface area (Å²) in [5.41, 5.74) is 4.78. The number of likely N-dealkylation sites (tertiary alicyclic amines) is 2. The van der Waals surface area contributed by atoms with Crippen LogP contribution in [0.15, 0.2) is 47.0 Å². The fourth-order valence-corrected chi connectivity index (χ4v) is 6.67. The molecule has 2 aromatic carbocycles. The van der Waals surface area contributed by atoms with Crippen LogP contribution in [0.5, 0.6) is 0 Å². The van der Waals surface area contributed by atoms with E-state index >= 15 is 0 Å². The van der Waals surface area contributed by atoms with Crippen LogP contribution < -0.4 is 5.32 Å². The molecule has 2 aliphatic heterocycles. The van der Waals surface area contributed by atoms with Crippen molar-refractivity contribution in [2.24, 2.45) is 0 Å². The molecule has 0 bridgehead atoms. The van der Waals surface area contributed by atoms with Crippen LogP contribution >= 0.6 is 0 Å². The lowest BCUT2D eigenvalue weighted by molar-refractivity contribution is -0.134. The molecule has 3 aromatic heterocycles. The Morgan fingerprint density at radius 2 is 1.76 bits per heavy atom. The van der Waals surface area contributed by atoms with E-state index in [0.717, 1.165) is 65.7 Å². The van der Waals surface area contributed by atoms with Crippen molar-refractivity contribution < 1.29 is 23.5 Å². The first-order valence-corrected chi connectivity index (χ1v) is 15.7. The van der Waals surface area contributed by atoms with E-state index in [2.05, 4.69) is 25.0 Å². The fraction of sp³-hybridized carbons (Fsp3) is 0.394. The summed E-state index contributed by atoms with van der Waals surface area (Å²) in [7, 11) is 1.27. The number of aromatic nitrogens is 5. The first kappa shape index (κ1) is 29.5. The molecule has 0 saturated carbocycles. The van der Waals surface area contributed by atoms with Crippen molar-refractivity contribution in [3.63, 3.8) is 0 Å². The zero-order chi connectivity index (χ0) is 31.9. The van der Waals surface area contributed by atoms with Crippen LogP contribution in [0.4, 0.5) is 4.79 Å². The summed E-state index contributed by atoms with van der Waals surface area (Å²) >= 11 is 0. The normalized spacial score (nSPS) is 18.8. The number of imidazole rings is 2. The first-order valence-electron chi connectivity index (χ1n) is 15.7. The number of hydrogen-bond acceptors (Lipinski definition) is 8. The third-order valence-electron chi connectivity index (χ3n) is 8.98. The van der Waals surface area contributed by atoms with Crippen molar-refractivity contribution in [1.29, 1.82) is 0 Å². The maximum Gasteiger partial charge on any atom is 0.407 e. The highest BCUT2D eigenvalue weighted by Crippen LogP contribution is 2.36. The van der Waals surface area contributed by atoms with Gasteiger partial charge in [-0.3, -0.25) is 9.59 Å². The maximum absolute atomic E-state index is 13.2. The molecule has 3 amide bonds. The van der Waals surface area contributed by atoms with E-state index in [1.165, 1.54) is 7.11 Å². The number of aromatic amines is 2. The van der Waals surface area contributed by atoms with E-state index in [1.54, 1.807) is 18.0 Å². The molecule has 2 fully saturated rings. The summed E-state index contributed by atoms with van der Waals surface area (Å²) in [4.78, 5) is 62.2. The van der Waals surface area contributed by atoms with Crippen molar-refractivity contribution in [2.75, 3.05) is 20.2 Å². The Morgan fingerprint density at radius 1 is 1.02 bits per heavy atom. The molecule has 46 heavy (non-hydrogen) atoms. The highest BCUT2D eigenvalue weighted by atomic mass is 16.5. The van der Waals surface area contributed by atoms with Crippen molar-refractivity contribution in [1.82, 2.24) is 40.0 Å². The molecule has 238 valence electrons. The Kier molecular flexibility index (Phi) is 7.67. The molecule has 0 spiro atoms. The highest BCUT2D eigenvalue weighted by molar-refractivity contribution is 5.90. The lowest BCUT2D eigenvalue weighted by Crippen LogP contribution is -2.46. The third-order valence-corrected chi connectivity index (χ3v) is 8.98. The summed E-state index contributed by atoms with van der Waals surface area (Å²) < 4.78 is 10.9. The summed E-state index contributed by atoms with van der Waals surface area (Å²) in [6.45, 7) is 4.87. The molecule has 13 nitrogen and oxygen atoms in total. The molecule has 0 radical (unpaired) electrons. The maximum atomic E-state index is 13.2. The number of ether oxygens (including phenoxy) is 1. The molecule has 0 unspecified atom stereocenters. The number of carbonyl (C=O) groups is 3. The van der Waals surface area contributed by atoms with E-state index in [0.29, 0.717) is 36.0 Å². The second kappa shape index (κ2) is 12.0. The van der Waals surface area contributed by atoms with Crippen LogP contribution in [0, 0.1) is 0 Å². The van der Waals surface area contributed by atoms with Gasteiger partial charge in [-0.05, 0) is 62.9 Å². The number of alkyl carbamates (subject to hydrolysis) is 1. The van der Waals surface area contributed by atoms with Gasteiger partial charge >= 0.3 is 6.09 Å². The molecule has 5 heterocycles. The number of benzene rings is 2. The number of hydrogen-bond donors (Lipinski definition) is 3. The van der Waals surface area contributed by atoms with Gasteiger partial charge in [0.2, 0.25) is 17.7 Å². The van der Waals surface area contributed by atoms with Crippen molar-refractivity contribution in [2.45, 2.75) is 64.1 Å². The Hall–Kier alpha value is -5.20. The van der Waals surface area contributed by atoms with Crippen LogP contribution in [0.3, 0.4) is 0 Å². The van der Waals surface area contributed by atoms with Crippen LogP contribution in [0.2, 0.25) is 0 Å². The van der Waals surface area contributed by atoms with E-state index in [1.807, 2.05) is 48.2 Å². The number of H-pyrrole nitrogens is 2. The minimum absolute atomic E-state index is 0.0335. The van der Waals surface area contributed by atoms with Crippen LogP contribution in [0.25, 0.3) is 44.8 Å². The minimum Gasteiger partial charge on any atom is -0.453 e. The molecule has 7 rings (SSSR count). The van der Waals surface area contributed by atoms with Gasteiger partial charge < -0.3 is 34.2 Å². The number of para-hydroxylation sites is 1. The van der Waals surface area contributed by atoms with Gasteiger partial charge in [0.1, 0.15) is 23.2 Å². The smallest absolute Gasteiger partial charge is 0.407 e. The molecule has 5 aromatic rings. The third kappa shape index (κ3) is 5.25. The Labute approximate surface area is 264 Å². The van der Waals surface area contributed by atoms with Crippen molar-refractivity contribution >= 4 is 40.0 Å². The van der Waals surface area contributed by atoms with Gasteiger partial charge in [-0.1, -0.05) is 13.0 Å². The van der Waals surface area contributed by atoms with Crippen LogP contribution in [-0.2, 0) is 14.3 Å². The van der Waals surface area contributed by atoms with Gasteiger partial charge in [0.25, 0.3) is 0 Å². The average molecular weight is 625 g/mol. The Morgan fingerprint density at radius 3 is 2.54 bits per heavy atom. The standard InChI is InChI=1S/C33H36N8O5/c1-4-27(42)40-14-6-10-24(40)29-36-21-13-12-19(16-23(21)38-29)26-17-34-31(46-26)20-8-5-9-22-28(20)39-30(37-22)25-11-7-15-41(25)32(43)18(2)35-33(44)45-3/h5,8-9,12-13,16-18,24-25H,4,6-7,10-11,14-15H2,1-3H3,(H,35,44)(H,36,38)(H,37,39)/t18-,24-,25-/m0/s1. The van der Waals surface area contributed by atoms with Crippen LogP contribution in [0.1, 0.15) is 69.7 Å². The summed E-state index contributed by atoms with van der Waals surface area (Å²) in [6, 6.07) is 10.6. The fourth-order valence-electron chi connectivity index (χ4n) is 6.67. The molecule has 13 heteroatoms. The van der Waals surface area contributed by atoms with E-state index in [9.17, 15) is 14.4 Å². The van der Waals surface area contributed by atoms with Crippen molar-refractivity contribution in [3.8, 4) is 22.8 Å². The number of nitrogens with one attached hydrogen (secondary N) is 3. The van der Waals surface area contributed by atoms with Gasteiger partial charge in [0.05, 0.1) is 47.5 Å². The number of rotatable bonds is 7. The topological polar surface area (TPSA) is 162 Å². The highest BCUT2D eigenvalue weighted by Gasteiger charge is 2.35. The molecule has 0 aliphatic carbocycles. The average Bonchev–Trinajstić information content (AvgIpc) is 3.90. The number of amides is 3. The summed E-state index contributed by atoms with van der Waals surface area (Å²) in [6.07, 6.45) is 4.97. The van der Waals surface area contributed by atoms with E-state index < -0.39 is 12.1 Å². The molecule has 2 saturated heterocycles. The second-order valence-electron chi connectivity index (χ2n) is 11.9. The molecule has 3 N–H and O–H groups in total. The predicted octanol–water partition coefficient (Wildman–Crippen LogP) is 5.24. The summed E-state index contributed by atoms with van der Waals surface area (Å²) in [5.74, 6) is 2.47. The Bertz CT molecular complexity index is 1940. The largest absolute Gasteiger partial charge is 0.453 e. The molecule has 2 aliphatic rings. The zero-order valence-electron chi connectivity index (χ0n) is 26.0. The number of fused-ring (bicyclic) bond motifs is 2. The van der Waals surface area contributed by atoms with Crippen LogP contribution in [-0.4, -0.2) is 78.9 Å². The Balaban J connectivity index is 1.14. The SMILES string of the molecule is CCC(=O)N1CCC[C@H]1c1nc2ccc(-c3cnc(-c4cccc5[nH]c([C@@H]6CCCN6C(=O)[C@H](C)NC(=O)OC)nc45)o3)cc2[nH]1. The number of nitrogens with zero attached hydrogens (tertiary/aromatic N) is 5. The van der Waals surface area contributed by atoms with Gasteiger partial charge in [-0.25, -0.2) is 19.7 Å². The van der Waals surface area contributed by atoms with Gasteiger partial charge in [0.15, 0.2) is 5.76 Å². The number of methoxy groups -OCH3 is 1. The van der Waals surface area contributed by atoms with E-state index in [4.69, 9.17) is 14.4 Å². The molecular weight excluding hydrogens is 588 g/mol. The lowest BCUT2D eigenvalue weighted by Gasteiger charge is -2.26. The predicted molar refractivity (Wildman–Crippen MR) is 169 cm³/mol.